The van der Waals surface area contributed by atoms with Crippen LogP contribution in [0.1, 0.15) is 35.3 Å². The lowest BCUT2D eigenvalue weighted by Gasteiger charge is -2.29. The zero-order chi connectivity index (χ0) is 49.5. The summed E-state index contributed by atoms with van der Waals surface area (Å²) in [5.74, 6) is 1.12. The molecule has 6 heteroatoms. The van der Waals surface area contributed by atoms with Crippen molar-refractivity contribution in [1.29, 1.82) is 0 Å². The molecule has 350 valence electrons. The Kier molecular flexibility index (Phi) is 15.8. The van der Waals surface area contributed by atoms with Crippen LogP contribution in [-0.2, 0) is 0 Å². The topological polar surface area (TPSA) is 39.3 Å². The molecule has 0 aromatic heterocycles. The van der Waals surface area contributed by atoms with Gasteiger partial charge in [-0.2, -0.15) is 0 Å². The molecule has 0 aliphatic carbocycles. The van der Waals surface area contributed by atoms with Crippen LogP contribution < -0.4 is 24.3 Å². The minimum Gasteiger partial charge on any atom is -0.457 e. The van der Waals surface area contributed by atoms with E-state index >= 15 is 0 Å². The first-order chi connectivity index (χ1) is 34.7. The van der Waals surface area contributed by atoms with Gasteiger partial charge in [0.1, 0.15) is 11.5 Å². The summed E-state index contributed by atoms with van der Waals surface area (Å²) >= 11 is 0. The van der Waals surface area contributed by atoms with Crippen LogP contribution >= 0.6 is 0 Å². The van der Waals surface area contributed by atoms with E-state index < -0.39 is 0 Å². The third-order valence-electron chi connectivity index (χ3n) is 12.0. The Morgan fingerprint density at radius 2 is 0.887 bits per heavy atom. The van der Waals surface area contributed by atoms with Gasteiger partial charge in [0.2, 0.25) is 0 Å². The number of allylic oxidation sites excluding steroid dienone is 8. The van der Waals surface area contributed by atoms with Crippen molar-refractivity contribution < 1.29 is 9.53 Å². The zero-order valence-corrected chi connectivity index (χ0v) is 40.8. The van der Waals surface area contributed by atoms with Gasteiger partial charge < -0.3 is 24.3 Å². The molecule has 0 unspecified atom stereocenters. The highest BCUT2D eigenvalue weighted by atomic mass is 16.5. The predicted molar refractivity (Wildman–Crippen MR) is 300 cm³/mol. The van der Waals surface area contributed by atoms with Gasteiger partial charge in [0.15, 0.2) is 5.78 Å². The number of hydrogen-bond acceptors (Lipinski definition) is 6. The van der Waals surface area contributed by atoms with Gasteiger partial charge in [-0.3, -0.25) is 4.79 Å². The number of carbonyl (C=O) groups is 1. The molecule has 0 radical (unpaired) electrons. The molecule has 0 bridgehead atoms. The molecule has 0 saturated carbocycles. The third-order valence-corrected chi connectivity index (χ3v) is 12.0. The fourth-order valence-corrected chi connectivity index (χ4v) is 8.33. The van der Waals surface area contributed by atoms with Crippen LogP contribution in [0.15, 0.2) is 285 Å². The minimum absolute atomic E-state index is 0.0367. The van der Waals surface area contributed by atoms with Gasteiger partial charge in [-0.25, -0.2) is 0 Å². The van der Waals surface area contributed by atoms with E-state index in [-0.39, 0.29) is 5.78 Å². The van der Waals surface area contributed by atoms with Gasteiger partial charge in [0.05, 0.1) is 0 Å². The first kappa shape index (κ1) is 48.3. The number of ether oxygens (including phenoxy) is 1. The molecular formula is C65H58N4O2. The molecule has 0 saturated heterocycles. The van der Waals surface area contributed by atoms with Crippen LogP contribution in [0.3, 0.4) is 0 Å². The monoisotopic (exact) mass is 926 g/mol. The standard InChI is InChI=1S/C65H58N4O2/c1-7-19-55(20-8-2)68(56-21-13-10-14-22-56)62-44-42-60(43-45-62)67(50(5)29-46-63(9-3)71-64-47-32-52(33-48-64)65(70)51-30-27-49(4)28-31-51)59-38-34-53(35-39-59)66(6)54-36-40-61(41-37-54)69(57-23-15-11-16-24-57)58-25-17-12-18-26-58/h7-48H,1,3H2,2,4-6H3/b20-8-,50-29+,55-19+,63-46+. The summed E-state index contributed by atoms with van der Waals surface area (Å²) in [5.41, 5.74) is 13.6. The van der Waals surface area contributed by atoms with Crippen LogP contribution in [0, 0.1) is 6.92 Å². The Hall–Kier alpha value is -9.13. The second-order valence-electron chi connectivity index (χ2n) is 16.9. The Labute approximate surface area is 419 Å². The lowest BCUT2D eigenvalue weighted by molar-refractivity contribution is 0.103. The minimum atomic E-state index is -0.0367. The average Bonchev–Trinajstić information content (AvgIpc) is 3.42. The first-order valence-electron chi connectivity index (χ1n) is 23.7. The van der Waals surface area contributed by atoms with Crippen molar-refractivity contribution >= 4 is 57.0 Å². The van der Waals surface area contributed by atoms with Crippen LogP contribution in [0.4, 0.5) is 51.2 Å². The maximum atomic E-state index is 13.2. The lowest BCUT2D eigenvalue weighted by Crippen LogP contribution is -2.17. The van der Waals surface area contributed by atoms with E-state index in [2.05, 4.69) is 186 Å². The van der Waals surface area contributed by atoms with Gasteiger partial charge >= 0.3 is 0 Å². The van der Waals surface area contributed by atoms with Crippen molar-refractivity contribution in [2.75, 3.05) is 26.6 Å². The second kappa shape index (κ2) is 23.3. The van der Waals surface area contributed by atoms with Gasteiger partial charge in [-0.15, -0.1) is 0 Å². The number of aryl methyl sites for hydroxylation is 1. The van der Waals surface area contributed by atoms with E-state index in [0.717, 1.165) is 68.1 Å². The van der Waals surface area contributed by atoms with Gasteiger partial charge in [-0.1, -0.05) is 110 Å². The van der Waals surface area contributed by atoms with Crippen LogP contribution in [-0.4, -0.2) is 12.8 Å². The van der Waals surface area contributed by atoms with E-state index in [4.69, 9.17) is 4.74 Å². The molecule has 0 heterocycles. The molecule has 0 fully saturated rings. The quantitative estimate of drug-likeness (QED) is 0.0457. The fraction of sp³-hybridized carbons (Fsp3) is 0.0615. The molecule has 0 aliphatic rings. The van der Waals surface area contributed by atoms with Crippen molar-refractivity contribution in [1.82, 2.24) is 0 Å². The van der Waals surface area contributed by atoms with Gasteiger partial charge in [0, 0.05) is 80.8 Å². The van der Waals surface area contributed by atoms with E-state index in [1.807, 2.05) is 111 Å². The molecule has 0 aliphatic heterocycles. The Morgan fingerprint density at radius 3 is 1.35 bits per heavy atom. The van der Waals surface area contributed by atoms with Gasteiger partial charge in [0.25, 0.3) is 0 Å². The van der Waals surface area contributed by atoms with Crippen LogP contribution in [0.25, 0.3) is 0 Å². The highest BCUT2D eigenvalue weighted by Gasteiger charge is 2.18. The number of hydrogen-bond donors (Lipinski definition) is 0. The van der Waals surface area contributed by atoms with E-state index in [1.165, 1.54) is 0 Å². The number of para-hydroxylation sites is 3. The molecule has 8 aromatic carbocycles. The molecule has 0 spiro atoms. The number of rotatable bonds is 19. The normalized spacial score (nSPS) is 11.7. The number of carbonyl (C=O) groups excluding carboxylic acids is 1. The molecule has 0 N–H and O–H groups in total. The molecule has 8 aromatic rings. The maximum Gasteiger partial charge on any atom is 0.193 e. The zero-order valence-electron chi connectivity index (χ0n) is 40.8. The Balaban J connectivity index is 1.09. The summed E-state index contributed by atoms with van der Waals surface area (Å²) in [7, 11) is 2.09. The third kappa shape index (κ3) is 11.8. The summed E-state index contributed by atoms with van der Waals surface area (Å²) in [4.78, 5) is 22.1. The summed E-state index contributed by atoms with van der Waals surface area (Å²) in [6, 6.07) is 71.9. The smallest absolute Gasteiger partial charge is 0.193 e. The highest BCUT2D eigenvalue weighted by molar-refractivity contribution is 6.09. The van der Waals surface area contributed by atoms with Crippen LogP contribution in [0.5, 0.6) is 5.75 Å². The Bertz CT molecular complexity index is 3120. The predicted octanol–water partition coefficient (Wildman–Crippen LogP) is 17.4. The summed E-state index contributed by atoms with van der Waals surface area (Å²) in [6.07, 6.45) is 13.6. The molecule has 6 nitrogen and oxygen atoms in total. The summed E-state index contributed by atoms with van der Waals surface area (Å²) < 4.78 is 6.29. The molecule has 8 rings (SSSR count). The molecular weight excluding hydrogens is 869 g/mol. The molecule has 71 heavy (non-hydrogen) atoms. The Morgan fingerprint density at radius 1 is 0.479 bits per heavy atom. The van der Waals surface area contributed by atoms with E-state index in [9.17, 15) is 4.79 Å². The van der Waals surface area contributed by atoms with Crippen molar-refractivity contribution in [3.63, 3.8) is 0 Å². The van der Waals surface area contributed by atoms with E-state index in [0.29, 0.717) is 22.6 Å². The highest BCUT2D eigenvalue weighted by Crippen LogP contribution is 2.39. The second-order valence-corrected chi connectivity index (χ2v) is 16.9. The van der Waals surface area contributed by atoms with Crippen molar-refractivity contribution in [3.8, 4) is 5.75 Å². The van der Waals surface area contributed by atoms with Gasteiger partial charge in [-0.05, 0) is 185 Å². The largest absolute Gasteiger partial charge is 0.457 e. The number of benzene rings is 8. The lowest BCUT2D eigenvalue weighted by atomic mass is 10.0. The van der Waals surface area contributed by atoms with Crippen molar-refractivity contribution in [2.45, 2.75) is 20.8 Å². The fourth-order valence-electron chi connectivity index (χ4n) is 8.33. The first-order valence-corrected chi connectivity index (χ1v) is 23.7. The number of anilines is 9. The number of nitrogens with zero attached hydrogens (tertiary/aromatic N) is 4. The van der Waals surface area contributed by atoms with Crippen LogP contribution in [0.2, 0.25) is 0 Å². The summed E-state index contributed by atoms with van der Waals surface area (Å²) in [5, 5.41) is 0. The molecule has 0 amide bonds. The number of ketones is 1. The average molecular weight is 927 g/mol. The van der Waals surface area contributed by atoms with Crippen molar-refractivity contribution in [3.05, 3.63) is 302 Å². The summed E-state index contributed by atoms with van der Waals surface area (Å²) in [6.45, 7) is 14.2. The molecule has 0 atom stereocenters. The van der Waals surface area contributed by atoms with E-state index in [1.54, 1.807) is 18.2 Å². The maximum absolute atomic E-state index is 13.2. The van der Waals surface area contributed by atoms with Crippen molar-refractivity contribution in [2.24, 2.45) is 0 Å². The SMILES string of the molecule is C=C/C=C(\C=C/C)N(c1ccccc1)c1ccc(N(/C(C)=C/C=C(\C=C)Oc2ccc(C(=O)c3ccc(C)cc3)cc2)c2ccc(N(C)c3ccc(N(c4ccccc4)c4ccccc4)cc3)cc2)cc1.